The molecule has 1 aliphatic rings. The molecule has 1 N–H and O–H groups in total. The molecule has 0 atom stereocenters. The number of aromatic nitrogens is 1. The number of amides is 1. The molecule has 0 fully saturated rings. The Hall–Kier alpha value is -3.28. The lowest BCUT2D eigenvalue weighted by atomic mass is 10.1. The number of hydrogen-bond acceptors (Lipinski definition) is 5. The van der Waals surface area contributed by atoms with Crippen LogP contribution in [0.2, 0.25) is 0 Å². The van der Waals surface area contributed by atoms with Crippen molar-refractivity contribution in [3.05, 3.63) is 53.6 Å². The number of nitrogens with one attached hydrogen (secondary N) is 1. The van der Waals surface area contributed by atoms with Gasteiger partial charge in [0.25, 0.3) is 0 Å². The van der Waals surface area contributed by atoms with E-state index >= 15 is 0 Å². The second kappa shape index (κ2) is 7.38. The Labute approximate surface area is 164 Å². The minimum absolute atomic E-state index is 0.0691. The van der Waals surface area contributed by atoms with E-state index in [1.807, 2.05) is 49.5 Å². The van der Waals surface area contributed by atoms with Crippen LogP contribution in [0.15, 0.2) is 42.5 Å². The third-order valence-electron chi connectivity index (χ3n) is 5.11. The van der Waals surface area contributed by atoms with E-state index in [0.717, 1.165) is 46.5 Å². The third kappa shape index (κ3) is 3.22. The molecule has 1 amide bonds. The number of benzene rings is 2. The number of carbonyl (C=O) groups is 1. The van der Waals surface area contributed by atoms with Crippen molar-refractivity contribution in [1.82, 2.24) is 4.98 Å². The number of rotatable bonds is 5. The summed E-state index contributed by atoms with van der Waals surface area (Å²) in [7, 11) is 5.21. The summed E-state index contributed by atoms with van der Waals surface area (Å²) in [5.74, 6) is 2.14. The topological polar surface area (TPSA) is 63.7 Å². The first-order valence-corrected chi connectivity index (χ1v) is 9.24. The van der Waals surface area contributed by atoms with Gasteiger partial charge in [0.15, 0.2) is 11.5 Å². The number of hydrogen-bond donors (Lipinski definition) is 1. The Morgan fingerprint density at radius 1 is 1.14 bits per heavy atom. The van der Waals surface area contributed by atoms with Gasteiger partial charge >= 0.3 is 0 Å². The van der Waals surface area contributed by atoms with E-state index in [2.05, 4.69) is 10.2 Å². The molecule has 28 heavy (non-hydrogen) atoms. The first-order valence-electron chi connectivity index (χ1n) is 9.24. The first-order chi connectivity index (χ1) is 13.6. The highest BCUT2D eigenvalue weighted by Crippen LogP contribution is 2.37. The van der Waals surface area contributed by atoms with Crippen LogP contribution in [0.1, 0.15) is 11.1 Å². The zero-order valence-corrected chi connectivity index (χ0v) is 16.3. The Morgan fingerprint density at radius 2 is 1.93 bits per heavy atom. The van der Waals surface area contributed by atoms with Crippen molar-refractivity contribution in [3.63, 3.8) is 0 Å². The van der Waals surface area contributed by atoms with Crippen molar-refractivity contribution in [2.75, 3.05) is 38.0 Å². The van der Waals surface area contributed by atoms with Crippen LogP contribution in [0.4, 0.5) is 11.5 Å². The zero-order chi connectivity index (χ0) is 19.7. The van der Waals surface area contributed by atoms with Gasteiger partial charge < -0.3 is 19.7 Å². The number of nitrogens with zero attached hydrogens (tertiary/aromatic N) is 2. The van der Waals surface area contributed by atoms with Crippen LogP contribution in [0.5, 0.6) is 11.5 Å². The number of para-hydroxylation sites is 1. The normalized spacial score (nSPS) is 12.8. The fraction of sp³-hybridized carbons (Fsp3) is 0.273. The molecule has 0 spiro atoms. The van der Waals surface area contributed by atoms with Crippen LogP contribution in [0, 0.1) is 0 Å². The van der Waals surface area contributed by atoms with Crippen LogP contribution in [0.3, 0.4) is 0 Å². The number of pyridine rings is 1. The molecule has 1 aliphatic heterocycles. The Balaban J connectivity index is 1.64. The number of ether oxygens (including phenoxy) is 2. The van der Waals surface area contributed by atoms with Gasteiger partial charge in [-0.05, 0) is 30.2 Å². The molecule has 2 aromatic carbocycles. The molecule has 4 rings (SSSR count). The summed E-state index contributed by atoms with van der Waals surface area (Å²) in [5.41, 5.74) is 3.72. The van der Waals surface area contributed by atoms with Gasteiger partial charge in [-0.1, -0.05) is 24.3 Å². The lowest BCUT2D eigenvalue weighted by Gasteiger charge is -2.16. The predicted molar refractivity (Wildman–Crippen MR) is 111 cm³/mol. The minimum atomic E-state index is -0.0691. The smallest absolute Gasteiger partial charge is 0.228 e. The molecule has 1 aromatic heterocycles. The molecule has 6 nitrogen and oxygen atoms in total. The average Bonchev–Trinajstić information content (AvgIpc) is 3.08. The summed E-state index contributed by atoms with van der Waals surface area (Å²) in [6.45, 7) is 0.900. The van der Waals surface area contributed by atoms with Gasteiger partial charge in [0.05, 0.1) is 31.8 Å². The monoisotopic (exact) mass is 377 g/mol. The van der Waals surface area contributed by atoms with Crippen LogP contribution in [0.25, 0.3) is 10.9 Å². The van der Waals surface area contributed by atoms with Gasteiger partial charge in [0.1, 0.15) is 5.82 Å². The maximum absolute atomic E-state index is 12.8. The molecule has 3 aromatic rings. The van der Waals surface area contributed by atoms with Crippen LogP contribution < -0.4 is 19.7 Å². The number of carbonyl (C=O) groups excluding carboxylic acids is 1. The summed E-state index contributed by atoms with van der Waals surface area (Å²) in [4.78, 5) is 19.7. The Morgan fingerprint density at radius 3 is 2.71 bits per heavy atom. The van der Waals surface area contributed by atoms with Gasteiger partial charge in [-0.3, -0.25) is 4.79 Å². The molecule has 2 heterocycles. The van der Waals surface area contributed by atoms with E-state index in [9.17, 15) is 4.79 Å². The quantitative estimate of drug-likeness (QED) is 0.738. The summed E-state index contributed by atoms with van der Waals surface area (Å²) in [6.07, 6.45) is 1.12. The lowest BCUT2D eigenvalue weighted by Crippen LogP contribution is -2.16. The van der Waals surface area contributed by atoms with Crippen molar-refractivity contribution >= 4 is 28.3 Å². The van der Waals surface area contributed by atoms with Gasteiger partial charge in [-0.25, -0.2) is 4.98 Å². The summed E-state index contributed by atoms with van der Waals surface area (Å²) >= 11 is 0. The third-order valence-corrected chi connectivity index (χ3v) is 5.11. The summed E-state index contributed by atoms with van der Waals surface area (Å²) in [5, 5.41) is 4.11. The van der Waals surface area contributed by atoms with E-state index in [1.165, 1.54) is 0 Å². The van der Waals surface area contributed by atoms with E-state index in [-0.39, 0.29) is 12.3 Å². The highest BCUT2D eigenvalue weighted by Gasteiger charge is 2.24. The van der Waals surface area contributed by atoms with E-state index in [1.54, 1.807) is 14.2 Å². The summed E-state index contributed by atoms with van der Waals surface area (Å²) in [6, 6.07) is 13.4. The average molecular weight is 377 g/mol. The molecule has 144 valence electrons. The van der Waals surface area contributed by atoms with Crippen molar-refractivity contribution in [2.45, 2.75) is 12.8 Å². The molecule has 0 saturated carbocycles. The molecular formula is C22H23N3O3. The maximum Gasteiger partial charge on any atom is 0.228 e. The largest absolute Gasteiger partial charge is 0.493 e. The number of likely N-dealkylation sites (N-methyl/N-ethyl adjacent to an activating group) is 1. The van der Waals surface area contributed by atoms with Gasteiger partial charge in [-0.15, -0.1) is 0 Å². The van der Waals surface area contributed by atoms with Crippen molar-refractivity contribution in [3.8, 4) is 11.5 Å². The fourth-order valence-corrected chi connectivity index (χ4v) is 3.68. The van der Waals surface area contributed by atoms with E-state index in [0.29, 0.717) is 11.5 Å². The fourth-order valence-electron chi connectivity index (χ4n) is 3.68. The first kappa shape index (κ1) is 18.1. The molecule has 0 bridgehead atoms. The van der Waals surface area contributed by atoms with Gasteiger partial charge in [-0.2, -0.15) is 0 Å². The molecule has 0 saturated heterocycles. The second-order valence-corrected chi connectivity index (χ2v) is 6.89. The van der Waals surface area contributed by atoms with E-state index < -0.39 is 0 Å². The van der Waals surface area contributed by atoms with Gasteiger partial charge in [0.2, 0.25) is 5.91 Å². The predicted octanol–water partition coefficient (Wildman–Crippen LogP) is 3.43. The van der Waals surface area contributed by atoms with Crippen LogP contribution >= 0.6 is 0 Å². The Bertz CT molecular complexity index is 1050. The maximum atomic E-state index is 12.8. The van der Waals surface area contributed by atoms with Crippen LogP contribution in [-0.4, -0.2) is 38.7 Å². The molecule has 0 unspecified atom stereocenters. The number of methoxy groups -OCH3 is 2. The standard InChI is InChI=1S/C22H23N3O3/c1-25-11-10-16-21(15-6-4-5-7-17(15)23-22(16)25)24-20(26)13-14-8-9-18(27-2)19(12-14)28-3/h4-9,12H,10-11,13H2,1-3H3,(H,23,24,26). The molecule has 0 aliphatic carbocycles. The van der Waals surface area contributed by atoms with Crippen LogP contribution in [-0.2, 0) is 17.6 Å². The highest BCUT2D eigenvalue weighted by molar-refractivity contribution is 6.04. The zero-order valence-electron chi connectivity index (χ0n) is 16.3. The molecule has 6 heteroatoms. The second-order valence-electron chi connectivity index (χ2n) is 6.89. The lowest BCUT2D eigenvalue weighted by molar-refractivity contribution is -0.115. The summed E-state index contributed by atoms with van der Waals surface area (Å²) < 4.78 is 10.6. The van der Waals surface area contributed by atoms with Crippen molar-refractivity contribution in [2.24, 2.45) is 0 Å². The minimum Gasteiger partial charge on any atom is -0.493 e. The molecular weight excluding hydrogens is 354 g/mol. The van der Waals surface area contributed by atoms with Crippen molar-refractivity contribution in [1.29, 1.82) is 0 Å². The molecule has 0 radical (unpaired) electrons. The van der Waals surface area contributed by atoms with E-state index in [4.69, 9.17) is 14.5 Å². The SMILES string of the molecule is COc1ccc(CC(=O)Nc2c3c(nc4ccccc24)N(C)CC3)cc1OC. The van der Waals surface area contributed by atoms with Crippen molar-refractivity contribution < 1.29 is 14.3 Å². The highest BCUT2D eigenvalue weighted by atomic mass is 16.5. The van der Waals surface area contributed by atoms with Gasteiger partial charge in [0, 0.05) is 24.5 Å². The number of anilines is 2. The number of fused-ring (bicyclic) bond motifs is 2. The Kier molecular flexibility index (Phi) is 4.77.